The quantitative estimate of drug-likeness (QED) is 0.281. The molecule has 0 radical (unpaired) electrons. The van der Waals surface area contributed by atoms with Crippen LogP contribution in [0.25, 0.3) is 5.76 Å². The van der Waals surface area contributed by atoms with Crippen LogP contribution in [-0.2, 0) is 14.3 Å². The first kappa shape index (κ1) is 23.1. The number of nitrogens with zero attached hydrogens (tertiary/aromatic N) is 1. The largest absolute Gasteiger partial charge is 0.507 e. The maximum atomic E-state index is 13.0. The molecule has 0 aliphatic carbocycles. The van der Waals surface area contributed by atoms with Crippen LogP contribution in [0.2, 0.25) is 0 Å². The molecule has 1 atom stereocenters. The van der Waals surface area contributed by atoms with Gasteiger partial charge >= 0.3 is 0 Å². The SMILES string of the molecule is COCCCN1C(=O)C(=O)C(=C(O)c2ccc(OC)c(C)c2)[C@@H]1c1ccc(O)c(OC)c1. The minimum absolute atomic E-state index is 0.0234. The molecule has 8 heteroatoms. The Labute approximate surface area is 186 Å². The summed E-state index contributed by atoms with van der Waals surface area (Å²) in [6, 6.07) is 8.77. The number of carbonyl (C=O) groups excluding carboxylic acids is 2. The molecule has 8 nitrogen and oxygen atoms in total. The molecule has 170 valence electrons. The number of aromatic hydroxyl groups is 1. The van der Waals surface area contributed by atoms with E-state index in [1.54, 1.807) is 44.6 Å². The van der Waals surface area contributed by atoms with Crippen LogP contribution in [0.1, 0.15) is 29.2 Å². The normalized spacial score (nSPS) is 17.6. The van der Waals surface area contributed by atoms with Crippen molar-refractivity contribution in [3.05, 3.63) is 58.7 Å². The van der Waals surface area contributed by atoms with Crippen LogP contribution in [0.3, 0.4) is 0 Å². The van der Waals surface area contributed by atoms with E-state index in [2.05, 4.69) is 0 Å². The fourth-order valence-electron chi connectivity index (χ4n) is 3.88. The van der Waals surface area contributed by atoms with Crippen molar-refractivity contribution < 1.29 is 34.0 Å². The molecular weight excluding hydrogens is 414 g/mol. The average Bonchev–Trinajstić information content (AvgIpc) is 3.04. The van der Waals surface area contributed by atoms with Crippen molar-refractivity contribution in [1.82, 2.24) is 4.90 Å². The van der Waals surface area contributed by atoms with Gasteiger partial charge in [-0.2, -0.15) is 0 Å². The molecule has 0 saturated carbocycles. The first-order chi connectivity index (χ1) is 15.3. The Bertz CT molecular complexity index is 1060. The van der Waals surface area contributed by atoms with E-state index in [0.29, 0.717) is 29.9 Å². The highest BCUT2D eigenvalue weighted by Gasteiger charge is 2.46. The summed E-state index contributed by atoms with van der Waals surface area (Å²) in [5.74, 6) is -0.985. The molecule has 1 aliphatic heterocycles. The molecule has 1 heterocycles. The molecule has 0 spiro atoms. The summed E-state index contributed by atoms with van der Waals surface area (Å²) in [7, 11) is 4.52. The van der Waals surface area contributed by atoms with Crippen molar-refractivity contribution in [2.75, 3.05) is 34.5 Å². The van der Waals surface area contributed by atoms with Gasteiger partial charge in [0.2, 0.25) is 0 Å². The highest BCUT2D eigenvalue weighted by Crippen LogP contribution is 2.42. The Morgan fingerprint density at radius 2 is 1.75 bits per heavy atom. The van der Waals surface area contributed by atoms with Gasteiger partial charge in [-0.3, -0.25) is 9.59 Å². The number of phenolic OH excluding ortho intramolecular Hbond substituents is 1. The number of aliphatic hydroxyl groups excluding tert-OH is 1. The molecule has 1 fully saturated rings. The zero-order chi connectivity index (χ0) is 23.4. The molecule has 2 aromatic rings. The Morgan fingerprint density at radius 3 is 2.38 bits per heavy atom. The fourth-order valence-corrected chi connectivity index (χ4v) is 3.88. The number of carbonyl (C=O) groups is 2. The van der Waals surface area contributed by atoms with Gasteiger partial charge in [-0.15, -0.1) is 0 Å². The predicted octanol–water partition coefficient (Wildman–Crippen LogP) is 3.18. The van der Waals surface area contributed by atoms with Gasteiger partial charge in [0.15, 0.2) is 11.5 Å². The summed E-state index contributed by atoms with van der Waals surface area (Å²) in [6.07, 6.45) is 0.511. The lowest BCUT2D eigenvalue weighted by molar-refractivity contribution is -0.140. The molecule has 1 saturated heterocycles. The van der Waals surface area contributed by atoms with E-state index >= 15 is 0 Å². The van der Waals surface area contributed by atoms with Crippen molar-refractivity contribution >= 4 is 17.4 Å². The lowest BCUT2D eigenvalue weighted by Crippen LogP contribution is -2.31. The fraction of sp³-hybridized carbons (Fsp3) is 0.333. The second-order valence-electron chi connectivity index (χ2n) is 7.45. The van der Waals surface area contributed by atoms with E-state index in [0.717, 1.165) is 5.56 Å². The van der Waals surface area contributed by atoms with Crippen molar-refractivity contribution in [3.8, 4) is 17.2 Å². The monoisotopic (exact) mass is 441 g/mol. The van der Waals surface area contributed by atoms with Gasteiger partial charge in [0.05, 0.1) is 25.8 Å². The third-order valence-corrected chi connectivity index (χ3v) is 5.48. The molecule has 32 heavy (non-hydrogen) atoms. The molecule has 0 bridgehead atoms. The van der Waals surface area contributed by atoms with Gasteiger partial charge in [-0.25, -0.2) is 0 Å². The van der Waals surface area contributed by atoms with Gasteiger partial charge in [-0.1, -0.05) is 6.07 Å². The highest BCUT2D eigenvalue weighted by molar-refractivity contribution is 6.46. The smallest absolute Gasteiger partial charge is 0.295 e. The molecule has 0 unspecified atom stereocenters. The zero-order valence-electron chi connectivity index (χ0n) is 18.5. The second-order valence-corrected chi connectivity index (χ2v) is 7.45. The summed E-state index contributed by atoms with van der Waals surface area (Å²) in [6.45, 7) is 2.48. The van der Waals surface area contributed by atoms with Gasteiger partial charge in [0, 0.05) is 25.8 Å². The van der Waals surface area contributed by atoms with E-state index in [4.69, 9.17) is 14.2 Å². The molecule has 2 aromatic carbocycles. The summed E-state index contributed by atoms with van der Waals surface area (Å²) < 4.78 is 15.6. The Morgan fingerprint density at radius 1 is 1.03 bits per heavy atom. The van der Waals surface area contributed by atoms with Gasteiger partial charge < -0.3 is 29.3 Å². The van der Waals surface area contributed by atoms with E-state index in [1.165, 1.54) is 18.1 Å². The van der Waals surface area contributed by atoms with Crippen molar-refractivity contribution in [2.45, 2.75) is 19.4 Å². The summed E-state index contributed by atoms with van der Waals surface area (Å²) >= 11 is 0. The number of rotatable bonds is 8. The van der Waals surface area contributed by atoms with E-state index in [-0.39, 0.29) is 29.4 Å². The number of aliphatic hydroxyl groups is 1. The number of hydrogen-bond acceptors (Lipinski definition) is 7. The first-order valence-electron chi connectivity index (χ1n) is 10.1. The molecule has 0 aromatic heterocycles. The summed E-state index contributed by atoms with van der Waals surface area (Å²) in [5.41, 5.74) is 1.68. The van der Waals surface area contributed by atoms with Gasteiger partial charge in [0.1, 0.15) is 11.5 Å². The Kier molecular flexibility index (Phi) is 7.05. The van der Waals surface area contributed by atoms with Crippen LogP contribution in [-0.4, -0.2) is 61.3 Å². The van der Waals surface area contributed by atoms with Crippen molar-refractivity contribution in [3.63, 3.8) is 0 Å². The number of Topliss-reactive ketones (excluding diaryl/α,β-unsaturated/α-hetero) is 1. The van der Waals surface area contributed by atoms with E-state index < -0.39 is 17.7 Å². The number of benzene rings is 2. The second kappa shape index (κ2) is 9.74. The maximum absolute atomic E-state index is 13.0. The van der Waals surface area contributed by atoms with Crippen LogP contribution in [0.4, 0.5) is 0 Å². The zero-order valence-corrected chi connectivity index (χ0v) is 18.5. The standard InChI is InChI=1S/C24H27NO7/c1-14-12-16(7-9-18(14)31-3)22(27)20-21(15-6-8-17(26)19(13-15)32-4)25(10-5-11-30-2)24(29)23(20)28/h6-9,12-13,21,26-27H,5,10-11H2,1-4H3/t21-/m0/s1. The Balaban J connectivity index is 2.17. The number of aryl methyl sites for hydroxylation is 1. The lowest BCUT2D eigenvalue weighted by atomic mass is 9.94. The Hall–Kier alpha value is -3.52. The molecular formula is C24H27NO7. The number of amides is 1. The van der Waals surface area contributed by atoms with Crippen LogP contribution in [0.5, 0.6) is 17.2 Å². The first-order valence-corrected chi connectivity index (χ1v) is 10.1. The molecule has 3 rings (SSSR count). The molecule has 1 amide bonds. The van der Waals surface area contributed by atoms with Crippen LogP contribution < -0.4 is 9.47 Å². The van der Waals surface area contributed by atoms with Crippen LogP contribution >= 0.6 is 0 Å². The minimum atomic E-state index is -0.844. The number of ether oxygens (including phenoxy) is 3. The molecule has 1 aliphatic rings. The van der Waals surface area contributed by atoms with Crippen molar-refractivity contribution in [1.29, 1.82) is 0 Å². The maximum Gasteiger partial charge on any atom is 0.295 e. The molecule has 2 N–H and O–H groups in total. The summed E-state index contributed by atoms with van der Waals surface area (Å²) in [5, 5.41) is 21.1. The number of likely N-dealkylation sites (tertiary alicyclic amines) is 1. The number of methoxy groups -OCH3 is 3. The van der Waals surface area contributed by atoms with Gasteiger partial charge in [-0.05, 0) is 54.8 Å². The van der Waals surface area contributed by atoms with E-state index in [1.807, 2.05) is 6.92 Å². The number of hydrogen-bond donors (Lipinski definition) is 2. The van der Waals surface area contributed by atoms with E-state index in [9.17, 15) is 19.8 Å². The lowest BCUT2D eigenvalue weighted by Gasteiger charge is -2.25. The summed E-state index contributed by atoms with van der Waals surface area (Å²) in [4.78, 5) is 27.4. The third-order valence-electron chi connectivity index (χ3n) is 5.48. The van der Waals surface area contributed by atoms with Gasteiger partial charge in [0.25, 0.3) is 11.7 Å². The third kappa shape index (κ3) is 4.27. The highest BCUT2D eigenvalue weighted by atomic mass is 16.5. The minimum Gasteiger partial charge on any atom is -0.507 e. The van der Waals surface area contributed by atoms with Crippen molar-refractivity contribution in [2.24, 2.45) is 0 Å². The van der Waals surface area contributed by atoms with Crippen LogP contribution in [0, 0.1) is 6.92 Å². The van der Waals surface area contributed by atoms with Crippen LogP contribution in [0.15, 0.2) is 42.0 Å². The number of ketones is 1. The predicted molar refractivity (Wildman–Crippen MR) is 118 cm³/mol. The topological polar surface area (TPSA) is 106 Å². The average molecular weight is 441 g/mol. The number of phenols is 1.